The van der Waals surface area contributed by atoms with Crippen LogP contribution in [0, 0.1) is 11.3 Å². The summed E-state index contributed by atoms with van der Waals surface area (Å²) in [5.41, 5.74) is 0. The van der Waals surface area contributed by atoms with Crippen LogP contribution in [0.3, 0.4) is 0 Å². The zero-order chi connectivity index (χ0) is 12.0. The Balaban J connectivity index is 2.44. The van der Waals surface area contributed by atoms with E-state index in [1.54, 1.807) is 0 Å². The van der Waals surface area contributed by atoms with E-state index in [0.717, 1.165) is 12.4 Å². The second-order valence-corrected chi connectivity index (χ2v) is 5.36. The van der Waals surface area contributed by atoms with Gasteiger partial charge in [-0.25, -0.2) is 0 Å². The molecule has 0 unspecified atom stereocenters. The van der Waals surface area contributed by atoms with Gasteiger partial charge in [0.15, 0.2) is 0 Å². The van der Waals surface area contributed by atoms with Crippen molar-refractivity contribution in [3.63, 3.8) is 0 Å². The van der Waals surface area contributed by atoms with Crippen molar-refractivity contribution in [2.24, 2.45) is 5.92 Å². The summed E-state index contributed by atoms with van der Waals surface area (Å²) in [7, 11) is 0. The number of nitrogens with zero attached hydrogens (tertiary/aromatic N) is 1. The van der Waals surface area contributed by atoms with Crippen molar-refractivity contribution in [1.82, 2.24) is 4.90 Å². The Bertz CT molecular complexity index is 205. The van der Waals surface area contributed by atoms with E-state index in [9.17, 15) is 0 Å². The molecular formula is C14H28N2. The number of nitrogens with one attached hydrogen (secondary N) is 1. The summed E-state index contributed by atoms with van der Waals surface area (Å²) in [5, 5.41) is 8.34. The van der Waals surface area contributed by atoms with E-state index >= 15 is 0 Å². The first-order chi connectivity index (χ1) is 7.66. The van der Waals surface area contributed by atoms with Gasteiger partial charge in [0.1, 0.15) is 0 Å². The monoisotopic (exact) mass is 224 g/mol. The number of amidine groups is 1. The molecule has 0 saturated heterocycles. The third kappa shape index (κ3) is 3.80. The molecular weight excluding hydrogens is 196 g/mol. The molecule has 0 radical (unpaired) electrons. The van der Waals surface area contributed by atoms with Gasteiger partial charge >= 0.3 is 0 Å². The van der Waals surface area contributed by atoms with Crippen LogP contribution in [-0.4, -0.2) is 23.3 Å². The minimum atomic E-state index is 0.491. The molecule has 2 nitrogen and oxygen atoms in total. The highest BCUT2D eigenvalue weighted by Gasteiger charge is 2.24. The van der Waals surface area contributed by atoms with E-state index in [-0.39, 0.29) is 0 Å². The normalized spacial score (nSPS) is 17.0. The van der Waals surface area contributed by atoms with Crippen LogP contribution in [0.4, 0.5) is 0 Å². The largest absolute Gasteiger partial charge is 0.358 e. The number of unbranched alkanes of at least 4 members (excludes halogenated alkanes) is 2. The smallest absolute Gasteiger partial charge is 0.0991 e. The molecule has 1 rings (SSSR count). The molecule has 1 fully saturated rings. The topological polar surface area (TPSA) is 27.1 Å². The van der Waals surface area contributed by atoms with Crippen molar-refractivity contribution >= 4 is 5.84 Å². The standard InChI is InChI=1S/C14H28N2/c1-4-5-8-11-16(12(2)3)14(15)13-9-6-7-10-13/h12-13,15H,4-11H2,1-3H3. The average molecular weight is 224 g/mol. The Morgan fingerprint density at radius 2 is 1.88 bits per heavy atom. The lowest BCUT2D eigenvalue weighted by molar-refractivity contribution is 0.320. The molecule has 1 N–H and O–H groups in total. The summed E-state index contributed by atoms with van der Waals surface area (Å²) < 4.78 is 0. The fourth-order valence-corrected chi connectivity index (χ4v) is 2.62. The van der Waals surface area contributed by atoms with Gasteiger partial charge in [0.05, 0.1) is 5.84 Å². The van der Waals surface area contributed by atoms with Gasteiger partial charge in [-0.05, 0) is 33.1 Å². The molecule has 1 aliphatic rings. The summed E-state index contributed by atoms with van der Waals surface area (Å²) in [4.78, 5) is 2.33. The van der Waals surface area contributed by atoms with Crippen LogP contribution in [-0.2, 0) is 0 Å². The van der Waals surface area contributed by atoms with Gasteiger partial charge in [-0.1, -0.05) is 32.6 Å². The van der Waals surface area contributed by atoms with Gasteiger partial charge in [-0.2, -0.15) is 0 Å². The molecule has 0 aromatic carbocycles. The molecule has 0 aromatic rings. The highest BCUT2D eigenvalue weighted by molar-refractivity contribution is 5.82. The number of rotatable bonds is 6. The van der Waals surface area contributed by atoms with E-state index in [1.807, 2.05) is 0 Å². The fourth-order valence-electron chi connectivity index (χ4n) is 2.62. The van der Waals surface area contributed by atoms with E-state index in [2.05, 4.69) is 25.7 Å². The van der Waals surface area contributed by atoms with E-state index < -0.39 is 0 Å². The molecule has 1 aliphatic carbocycles. The lowest BCUT2D eigenvalue weighted by Crippen LogP contribution is -2.40. The van der Waals surface area contributed by atoms with Crippen LogP contribution >= 0.6 is 0 Å². The minimum absolute atomic E-state index is 0.491. The Morgan fingerprint density at radius 3 is 2.38 bits per heavy atom. The summed E-state index contributed by atoms with van der Waals surface area (Å²) in [6.07, 6.45) is 8.95. The third-order valence-electron chi connectivity index (χ3n) is 3.68. The summed E-state index contributed by atoms with van der Waals surface area (Å²) in [6, 6.07) is 0.491. The minimum Gasteiger partial charge on any atom is -0.358 e. The molecule has 0 aliphatic heterocycles. The van der Waals surface area contributed by atoms with E-state index in [0.29, 0.717) is 12.0 Å². The second-order valence-electron chi connectivity index (χ2n) is 5.36. The Kier molecular flexibility index (Phi) is 5.86. The van der Waals surface area contributed by atoms with Crippen LogP contribution in [0.1, 0.15) is 65.7 Å². The first-order valence-corrected chi connectivity index (χ1v) is 7.02. The maximum Gasteiger partial charge on any atom is 0.0991 e. The van der Waals surface area contributed by atoms with Gasteiger partial charge in [0.25, 0.3) is 0 Å². The van der Waals surface area contributed by atoms with Gasteiger partial charge in [-0.15, -0.1) is 0 Å². The van der Waals surface area contributed by atoms with Crippen molar-refractivity contribution in [2.45, 2.75) is 71.8 Å². The number of hydrogen-bond donors (Lipinski definition) is 1. The Morgan fingerprint density at radius 1 is 1.25 bits per heavy atom. The van der Waals surface area contributed by atoms with Gasteiger partial charge < -0.3 is 4.90 Å². The highest BCUT2D eigenvalue weighted by Crippen LogP contribution is 2.27. The average Bonchev–Trinajstić information content (AvgIpc) is 2.76. The lowest BCUT2D eigenvalue weighted by atomic mass is 10.0. The quantitative estimate of drug-likeness (QED) is 0.411. The van der Waals surface area contributed by atoms with Crippen molar-refractivity contribution in [1.29, 1.82) is 5.41 Å². The van der Waals surface area contributed by atoms with Crippen LogP contribution in [0.5, 0.6) is 0 Å². The summed E-state index contributed by atoms with van der Waals surface area (Å²) in [6.45, 7) is 7.76. The first kappa shape index (κ1) is 13.5. The van der Waals surface area contributed by atoms with Crippen molar-refractivity contribution in [3.8, 4) is 0 Å². The Hall–Kier alpha value is -0.530. The SMILES string of the molecule is CCCCCN(C(=N)C1CCCC1)C(C)C. The molecule has 0 spiro atoms. The van der Waals surface area contributed by atoms with Crippen LogP contribution in [0.2, 0.25) is 0 Å². The van der Waals surface area contributed by atoms with Gasteiger partial charge in [0.2, 0.25) is 0 Å². The maximum atomic E-state index is 8.34. The molecule has 1 saturated carbocycles. The first-order valence-electron chi connectivity index (χ1n) is 7.02. The molecule has 0 bridgehead atoms. The zero-order valence-corrected chi connectivity index (χ0v) is 11.3. The molecule has 0 amide bonds. The fraction of sp³-hybridized carbons (Fsp3) is 0.929. The molecule has 2 heteroatoms. The van der Waals surface area contributed by atoms with Crippen molar-refractivity contribution in [2.75, 3.05) is 6.54 Å². The van der Waals surface area contributed by atoms with Crippen molar-refractivity contribution in [3.05, 3.63) is 0 Å². The predicted molar refractivity (Wildman–Crippen MR) is 71.1 cm³/mol. The summed E-state index contributed by atoms with van der Waals surface area (Å²) >= 11 is 0. The van der Waals surface area contributed by atoms with Crippen LogP contribution in [0.25, 0.3) is 0 Å². The van der Waals surface area contributed by atoms with Crippen LogP contribution < -0.4 is 0 Å². The van der Waals surface area contributed by atoms with Gasteiger partial charge in [0, 0.05) is 18.5 Å². The lowest BCUT2D eigenvalue weighted by Gasteiger charge is -2.32. The second kappa shape index (κ2) is 6.93. The molecule has 16 heavy (non-hydrogen) atoms. The molecule has 0 aromatic heterocycles. The highest BCUT2D eigenvalue weighted by atomic mass is 15.2. The predicted octanol–water partition coefficient (Wildman–Crippen LogP) is 4.05. The van der Waals surface area contributed by atoms with Crippen molar-refractivity contribution < 1.29 is 0 Å². The van der Waals surface area contributed by atoms with E-state index in [1.165, 1.54) is 44.9 Å². The van der Waals surface area contributed by atoms with Crippen LogP contribution in [0.15, 0.2) is 0 Å². The third-order valence-corrected chi connectivity index (χ3v) is 3.68. The number of hydrogen-bond acceptors (Lipinski definition) is 1. The summed E-state index contributed by atoms with van der Waals surface area (Å²) in [5.74, 6) is 1.48. The van der Waals surface area contributed by atoms with Gasteiger partial charge in [-0.3, -0.25) is 5.41 Å². The molecule has 94 valence electrons. The molecule has 0 atom stereocenters. The van der Waals surface area contributed by atoms with E-state index in [4.69, 9.17) is 5.41 Å². The molecule has 0 heterocycles. The maximum absolute atomic E-state index is 8.34. The zero-order valence-electron chi connectivity index (χ0n) is 11.3. The Labute approximate surface area is 101 Å².